The Labute approximate surface area is 146 Å². The van der Waals surface area contributed by atoms with E-state index in [1.54, 1.807) is 7.05 Å². The van der Waals surface area contributed by atoms with E-state index in [4.69, 9.17) is 9.73 Å². The van der Waals surface area contributed by atoms with Gasteiger partial charge in [0.2, 0.25) is 5.91 Å². The molecule has 7 heteroatoms. The normalized spacial score (nSPS) is 17.5. The number of rotatable bonds is 7. The number of morpholine rings is 1. The highest BCUT2D eigenvalue weighted by Crippen LogP contribution is 2.17. The maximum Gasteiger partial charge on any atom is 0.227 e. The standard InChI is InChI=1S/C17H35N5O2/c1-7-19-15(20-12-16(2,3)14(23)18-6)21-13-17(4,5)22-8-10-24-11-9-22/h7-13H2,1-6H3,(H,18,23)(H2,19,20,21). The van der Waals surface area contributed by atoms with Crippen LogP contribution in [0.3, 0.4) is 0 Å². The van der Waals surface area contributed by atoms with E-state index in [1.807, 2.05) is 20.8 Å². The molecule has 140 valence electrons. The van der Waals surface area contributed by atoms with E-state index in [-0.39, 0.29) is 11.4 Å². The second-order valence-electron chi connectivity index (χ2n) is 7.42. The maximum absolute atomic E-state index is 11.9. The smallest absolute Gasteiger partial charge is 0.227 e. The van der Waals surface area contributed by atoms with E-state index in [2.05, 4.69) is 34.7 Å². The summed E-state index contributed by atoms with van der Waals surface area (Å²) in [5.74, 6) is 0.760. The van der Waals surface area contributed by atoms with Crippen LogP contribution in [0.1, 0.15) is 34.6 Å². The van der Waals surface area contributed by atoms with Gasteiger partial charge >= 0.3 is 0 Å². The van der Waals surface area contributed by atoms with E-state index < -0.39 is 5.41 Å². The van der Waals surface area contributed by atoms with Crippen LogP contribution in [0.25, 0.3) is 0 Å². The van der Waals surface area contributed by atoms with E-state index >= 15 is 0 Å². The molecule has 7 nitrogen and oxygen atoms in total. The number of nitrogens with one attached hydrogen (secondary N) is 3. The number of carbonyl (C=O) groups excluding carboxylic acids is 1. The molecule has 1 heterocycles. The molecule has 0 atom stereocenters. The molecule has 24 heavy (non-hydrogen) atoms. The van der Waals surface area contributed by atoms with Crippen LogP contribution in [0.15, 0.2) is 4.99 Å². The number of carbonyl (C=O) groups is 1. The monoisotopic (exact) mass is 341 g/mol. The van der Waals surface area contributed by atoms with Crippen LogP contribution in [0.5, 0.6) is 0 Å². The molecule has 0 aromatic heterocycles. The molecule has 1 saturated heterocycles. The Morgan fingerprint density at radius 3 is 2.33 bits per heavy atom. The fraction of sp³-hybridized carbons (Fsp3) is 0.882. The Balaban J connectivity index is 2.65. The number of guanidine groups is 1. The zero-order valence-electron chi connectivity index (χ0n) is 16.2. The summed E-state index contributed by atoms with van der Waals surface area (Å²) in [5.41, 5.74) is -0.521. The van der Waals surface area contributed by atoms with Gasteiger partial charge in [0.25, 0.3) is 0 Å². The van der Waals surface area contributed by atoms with Gasteiger partial charge in [0.05, 0.1) is 25.2 Å². The molecule has 0 unspecified atom stereocenters. The Hall–Kier alpha value is -1.34. The fourth-order valence-electron chi connectivity index (χ4n) is 2.61. The van der Waals surface area contributed by atoms with Crippen molar-refractivity contribution in [1.82, 2.24) is 20.9 Å². The van der Waals surface area contributed by atoms with Gasteiger partial charge < -0.3 is 20.7 Å². The molecule has 1 aliphatic heterocycles. The van der Waals surface area contributed by atoms with Gasteiger partial charge in [0.15, 0.2) is 5.96 Å². The predicted molar refractivity (Wildman–Crippen MR) is 98.3 cm³/mol. The van der Waals surface area contributed by atoms with Crippen LogP contribution in [0.2, 0.25) is 0 Å². The molecule has 0 saturated carbocycles. The Morgan fingerprint density at radius 2 is 1.79 bits per heavy atom. The Morgan fingerprint density at radius 1 is 1.17 bits per heavy atom. The third-order valence-electron chi connectivity index (χ3n) is 4.37. The number of nitrogens with zero attached hydrogens (tertiary/aromatic N) is 2. The molecule has 0 bridgehead atoms. The van der Waals surface area contributed by atoms with Crippen LogP contribution in [-0.2, 0) is 9.53 Å². The van der Waals surface area contributed by atoms with Gasteiger partial charge in [-0.1, -0.05) is 0 Å². The highest BCUT2D eigenvalue weighted by Gasteiger charge is 2.29. The van der Waals surface area contributed by atoms with E-state index in [1.165, 1.54) is 0 Å². The van der Waals surface area contributed by atoms with Crippen molar-refractivity contribution >= 4 is 11.9 Å². The van der Waals surface area contributed by atoms with Crippen LogP contribution in [0, 0.1) is 5.41 Å². The molecule has 0 aromatic rings. The van der Waals surface area contributed by atoms with Gasteiger partial charge in [-0.05, 0) is 34.6 Å². The van der Waals surface area contributed by atoms with Gasteiger partial charge in [0.1, 0.15) is 0 Å². The van der Waals surface area contributed by atoms with Crippen molar-refractivity contribution in [3.63, 3.8) is 0 Å². The number of aliphatic imine (C=N–C) groups is 1. The van der Waals surface area contributed by atoms with E-state index in [0.29, 0.717) is 13.1 Å². The van der Waals surface area contributed by atoms with Crippen molar-refractivity contribution < 1.29 is 9.53 Å². The average Bonchev–Trinajstić information content (AvgIpc) is 2.57. The SMILES string of the molecule is CCNC(=NCC(C)(C)N1CCOCC1)NCC(C)(C)C(=O)NC. The molecular formula is C17H35N5O2. The van der Waals surface area contributed by atoms with Crippen molar-refractivity contribution in [3.8, 4) is 0 Å². The largest absolute Gasteiger partial charge is 0.379 e. The maximum atomic E-state index is 11.9. The van der Waals surface area contributed by atoms with Crippen LogP contribution < -0.4 is 16.0 Å². The molecule has 0 spiro atoms. The number of amides is 1. The minimum absolute atomic E-state index is 0.0134. The molecule has 1 amide bonds. The molecule has 1 fully saturated rings. The van der Waals surface area contributed by atoms with Gasteiger partial charge in [-0.25, -0.2) is 0 Å². The summed E-state index contributed by atoms with van der Waals surface area (Å²) in [5, 5.41) is 9.24. The lowest BCUT2D eigenvalue weighted by molar-refractivity contribution is -0.128. The first-order valence-electron chi connectivity index (χ1n) is 8.80. The summed E-state index contributed by atoms with van der Waals surface area (Å²) in [6, 6.07) is 0. The van der Waals surface area contributed by atoms with Crippen LogP contribution in [-0.4, -0.2) is 75.3 Å². The lowest BCUT2D eigenvalue weighted by atomic mass is 9.92. The van der Waals surface area contributed by atoms with E-state index in [9.17, 15) is 4.79 Å². The highest BCUT2D eigenvalue weighted by atomic mass is 16.5. The molecule has 3 N–H and O–H groups in total. The minimum atomic E-state index is -0.495. The van der Waals surface area contributed by atoms with Gasteiger partial charge in [-0.15, -0.1) is 0 Å². The number of hydrogen-bond donors (Lipinski definition) is 3. The quantitative estimate of drug-likeness (QED) is 0.462. The summed E-state index contributed by atoms with van der Waals surface area (Å²) in [6.07, 6.45) is 0. The summed E-state index contributed by atoms with van der Waals surface area (Å²) in [7, 11) is 1.66. The summed E-state index contributed by atoms with van der Waals surface area (Å²) in [6.45, 7) is 15.7. The lowest BCUT2D eigenvalue weighted by Crippen LogP contribution is -2.52. The van der Waals surface area contributed by atoms with Crippen molar-refractivity contribution in [3.05, 3.63) is 0 Å². The van der Waals surface area contributed by atoms with Crippen molar-refractivity contribution in [2.45, 2.75) is 40.2 Å². The fourth-order valence-corrected chi connectivity index (χ4v) is 2.61. The first-order chi connectivity index (χ1) is 11.2. The zero-order chi connectivity index (χ0) is 18.2. The Bertz CT molecular complexity index is 429. The predicted octanol–water partition coefficient (Wildman–Crippen LogP) is 0.425. The van der Waals surface area contributed by atoms with Gasteiger partial charge in [0, 0.05) is 38.8 Å². The Kier molecular flexibility index (Phi) is 7.96. The van der Waals surface area contributed by atoms with Crippen LogP contribution >= 0.6 is 0 Å². The van der Waals surface area contributed by atoms with Gasteiger partial charge in [-0.3, -0.25) is 14.7 Å². The molecular weight excluding hydrogens is 306 g/mol. The topological polar surface area (TPSA) is 78.0 Å². The third kappa shape index (κ3) is 6.28. The molecule has 1 aliphatic rings. The molecule has 0 aromatic carbocycles. The number of ether oxygens (including phenoxy) is 1. The van der Waals surface area contributed by atoms with E-state index in [0.717, 1.165) is 38.8 Å². The zero-order valence-corrected chi connectivity index (χ0v) is 16.2. The van der Waals surface area contributed by atoms with Crippen molar-refractivity contribution in [1.29, 1.82) is 0 Å². The second kappa shape index (κ2) is 9.22. The first-order valence-corrected chi connectivity index (χ1v) is 8.80. The van der Waals surface area contributed by atoms with Gasteiger partial charge in [-0.2, -0.15) is 0 Å². The molecule has 0 aliphatic carbocycles. The van der Waals surface area contributed by atoms with Crippen molar-refractivity contribution in [2.75, 3.05) is 53.0 Å². The van der Waals surface area contributed by atoms with Crippen LogP contribution in [0.4, 0.5) is 0 Å². The lowest BCUT2D eigenvalue weighted by Gasteiger charge is -2.40. The highest BCUT2D eigenvalue weighted by molar-refractivity contribution is 5.84. The minimum Gasteiger partial charge on any atom is -0.379 e. The first kappa shape index (κ1) is 20.7. The molecule has 1 rings (SSSR count). The summed E-state index contributed by atoms with van der Waals surface area (Å²) >= 11 is 0. The van der Waals surface area contributed by atoms with Crippen molar-refractivity contribution in [2.24, 2.45) is 10.4 Å². The summed E-state index contributed by atoms with van der Waals surface area (Å²) < 4.78 is 5.43. The molecule has 0 radical (unpaired) electrons. The second-order valence-corrected chi connectivity index (χ2v) is 7.42. The number of hydrogen-bond acceptors (Lipinski definition) is 4. The third-order valence-corrected chi connectivity index (χ3v) is 4.37. The average molecular weight is 342 g/mol. The summed E-state index contributed by atoms with van der Waals surface area (Å²) in [4.78, 5) is 19.0.